The van der Waals surface area contributed by atoms with Crippen LogP contribution < -0.4 is 4.90 Å². The summed E-state index contributed by atoms with van der Waals surface area (Å²) in [5.41, 5.74) is 5.75. The number of carbonyl (C=O) groups excluding carboxylic acids is 1. The molecule has 0 aliphatic carbocycles. The van der Waals surface area contributed by atoms with Crippen LogP contribution in [0.25, 0.3) is 0 Å². The standard InChI is InChI=1S/C23H26N4O/c1-18-7-6-10-22(19(18)2)25-11-13-26(14-12-25)23(28)21-15-24-27(17-21)16-20-8-4-3-5-9-20/h3-10,15,17H,11-14,16H2,1-2H3. The summed E-state index contributed by atoms with van der Waals surface area (Å²) in [7, 11) is 0. The summed E-state index contributed by atoms with van der Waals surface area (Å²) >= 11 is 0. The van der Waals surface area contributed by atoms with Crippen molar-refractivity contribution in [2.24, 2.45) is 0 Å². The monoisotopic (exact) mass is 374 g/mol. The molecule has 0 atom stereocenters. The van der Waals surface area contributed by atoms with Crippen LogP contribution in [0.5, 0.6) is 0 Å². The average molecular weight is 374 g/mol. The van der Waals surface area contributed by atoms with Gasteiger partial charge >= 0.3 is 0 Å². The molecule has 0 saturated carbocycles. The lowest BCUT2D eigenvalue weighted by molar-refractivity contribution is 0.0746. The van der Waals surface area contributed by atoms with E-state index >= 15 is 0 Å². The van der Waals surface area contributed by atoms with Gasteiger partial charge in [0.25, 0.3) is 5.91 Å². The summed E-state index contributed by atoms with van der Waals surface area (Å²) in [4.78, 5) is 17.2. The van der Waals surface area contributed by atoms with E-state index in [1.165, 1.54) is 22.4 Å². The second-order valence-electron chi connectivity index (χ2n) is 7.41. The summed E-state index contributed by atoms with van der Waals surface area (Å²) in [6, 6.07) is 16.6. The second kappa shape index (κ2) is 7.89. The van der Waals surface area contributed by atoms with Gasteiger partial charge in [0, 0.05) is 38.1 Å². The van der Waals surface area contributed by atoms with Gasteiger partial charge in [0.15, 0.2) is 0 Å². The van der Waals surface area contributed by atoms with Crippen LogP contribution >= 0.6 is 0 Å². The second-order valence-corrected chi connectivity index (χ2v) is 7.41. The summed E-state index contributed by atoms with van der Waals surface area (Å²) in [5, 5.41) is 4.37. The van der Waals surface area contributed by atoms with Crippen molar-refractivity contribution in [3.63, 3.8) is 0 Å². The molecule has 5 heteroatoms. The Morgan fingerprint density at radius 2 is 1.71 bits per heavy atom. The molecule has 1 aliphatic heterocycles. The van der Waals surface area contributed by atoms with Gasteiger partial charge in [-0.2, -0.15) is 5.10 Å². The van der Waals surface area contributed by atoms with Gasteiger partial charge in [0.05, 0.1) is 18.3 Å². The van der Waals surface area contributed by atoms with E-state index in [1.54, 1.807) is 6.20 Å². The molecule has 1 aliphatic rings. The minimum Gasteiger partial charge on any atom is -0.368 e. The van der Waals surface area contributed by atoms with Gasteiger partial charge in [-0.3, -0.25) is 9.48 Å². The molecule has 0 spiro atoms. The van der Waals surface area contributed by atoms with Crippen LogP contribution in [0.1, 0.15) is 27.0 Å². The van der Waals surface area contributed by atoms with Gasteiger partial charge in [-0.1, -0.05) is 42.5 Å². The first-order valence-corrected chi connectivity index (χ1v) is 9.78. The Balaban J connectivity index is 1.38. The number of nitrogens with zero attached hydrogens (tertiary/aromatic N) is 4. The van der Waals surface area contributed by atoms with Crippen molar-refractivity contribution >= 4 is 11.6 Å². The van der Waals surface area contributed by atoms with Crippen molar-refractivity contribution in [3.8, 4) is 0 Å². The number of aryl methyl sites for hydroxylation is 1. The summed E-state index contributed by atoms with van der Waals surface area (Å²) in [5.74, 6) is 0.0694. The predicted molar refractivity (Wildman–Crippen MR) is 112 cm³/mol. The maximum atomic E-state index is 12.9. The highest BCUT2D eigenvalue weighted by Crippen LogP contribution is 2.24. The molecule has 0 unspecified atom stereocenters. The number of hydrogen-bond acceptors (Lipinski definition) is 3. The minimum absolute atomic E-state index is 0.0694. The van der Waals surface area contributed by atoms with Gasteiger partial charge in [-0.05, 0) is 36.6 Å². The van der Waals surface area contributed by atoms with Crippen LogP contribution in [0.3, 0.4) is 0 Å². The highest BCUT2D eigenvalue weighted by molar-refractivity contribution is 5.93. The molecule has 0 radical (unpaired) electrons. The molecule has 1 amide bonds. The van der Waals surface area contributed by atoms with Gasteiger partial charge < -0.3 is 9.80 Å². The summed E-state index contributed by atoms with van der Waals surface area (Å²) in [6.07, 6.45) is 3.54. The van der Waals surface area contributed by atoms with Crippen LogP contribution in [-0.4, -0.2) is 46.8 Å². The lowest BCUT2D eigenvalue weighted by Gasteiger charge is -2.37. The quantitative estimate of drug-likeness (QED) is 0.702. The number of piperazine rings is 1. The van der Waals surface area contributed by atoms with Crippen molar-refractivity contribution in [1.29, 1.82) is 0 Å². The van der Waals surface area contributed by atoms with Crippen molar-refractivity contribution < 1.29 is 4.79 Å². The largest absolute Gasteiger partial charge is 0.368 e. The van der Waals surface area contributed by atoms with E-state index in [1.807, 2.05) is 34.0 Å². The Morgan fingerprint density at radius 3 is 2.46 bits per heavy atom. The number of carbonyl (C=O) groups is 1. The molecule has 1 saturated heterocycles. The molecule has 144 valence electrons. The van der Waals surface area contributed by atoms with E-state index in [2.05, 4.69) is 54.2 Å². The zero-order valence-electron chi connectivity index (χ0n) is 16.5. The molecule has 0 bridgehead atoms. The third-order valence-corrected chi connectivity index (χ3v) is 5.55. The normalized spacial score (nSPS) is 14.4. The number of aromatic nitrogens is 2. The Kier molecular flexibility index (Phi) is 5.15. The molecule has 2 aromatic carbocycles. The molecular formula is C23H26N4O. The van der Waals surface area contributed by atoms with Crippen molar-refractivity contribution in [3.05, 3.63) is 83.2 Å². The van der Waals surface area contributed by atoms with Gasteiger partial charge in [0.1, 0.15) is 0 Å². The molecular weight excluding hydrogens is 348 g/mol. The van der Waals surface area contributed by atoms with Crippen LogP contribution in [0, 0.1) is 13.8 Å². The van der Waals surface area contributed by atoms with Crippen LogP contribution in [0.4, 0.5) is 5.69 Å². The van der Waals surface area contributed by atoms with Gasteiger partial charge in [-0.15, -0.1) is 0 Å². The maximum absolute atomic E-state index is 12.9. The van der Waals surface area contributed by atoms with Crippen LogP contribution in [0.15, 0.2) is 60.9 Å². The molecule has 28 heavy (non-hydrogen) atoms. The highest BCUT2D eigenvalue weighted by atomic mass is 16.2. The van der Waals surface area contributed by atoms with E-state index in [0.29, 0.717) is 12.1 Å². The third-order valence-electron chi connectivity index (χ3n) is 5.55. The first-order chi connectivity index (χ1) is 13.6. The molecule has 5 nitrogen and oxygen atoms in total. The Hall–Kier alpha value is -3.08. The fourth-order valence-corrected chi connectivity index (χ4v) is 3.74. The van der Waals surface area contributed by atoms with E-state index < -0.39 is 0 Å². The lowest BCUT2D eigenvalue weighted by atomic mass is 10.1. The average Bonchev–Trinajstić information content (AvgIpc) is 3.19. The number of hydrogen-bond donors (Lipinski definition) is 0. The molecule has 4 rings (SSSR count). The van der Waals surface area contributed by atoms with Crippen molar-refractivity contribution in [2.45, 2.75) is 20.4 Å². The van der Waals surface area contributed by atoms with E-state index in [4.69, 9.17) is 0 Å². The van der Waals surface area contributed by atoms with Crippen LogP contribution in [0.2, 0.25) is 0 Å². The lowest BCUT2D eigenvalue weighted by Crippen LogP contribution is -2.49. The van der Waals surface area contributed by atoms with E-state index in [-0.39, 0.29) is 5.91 Å². The van der Waals surface area contributed by atoms with E-state index in [9.17, 15) is 4.79 Å². The van der Waals surface area contributed by atoms with Crippen LogP contribution in [-0.2, 0) is 6.54 Å². The molecule has 0 N–H and O–H groups in total. The molecule has 2 heterocycles. The predicted octanol–water partition coefficient (Wildman–Crippen LogP) is 3.51. The summed E-state index contributed by atoms with van der Waals surface area (Å²) < 4.78 is 1.83. The maximum Gasteiger partial charge on any atom is 0.257 e. The fraction of sp³-hybridized carbons (Fsp3) is 0.304. The highest BCUT2D eigenvalue weighted by Gasteiger charge is 2.24. The Bertz CT molecular complexity index is 956. The van der Waals surface area contributed by atoms with Gasteiger partial charge in [0.2, 0.25) is 0 Å². The fourth-order valence-electron chi connectivity index (χ4n) is 3.74. The van der Waals surface area contributed by atoms with Crippen molar-refractivity contribution in [1.82, 2.24) is 14.7 Å². The number of rotatable bonds is 4. The molecule has 1 fully saturated rings. The number of benzene rings is 2. The zero-order chi connectivity index (χ0) is 19.5. The topological polar surface area (TPSA) is 41.4 Å². The Labute approximate surface area is 166 Å². The smallest absolute Gasteiger partial charge is 0.257 e. The Morgan fingerprint density at radius 1 is 0.964 bits per heavy atom. The van der Waals surface area contributed by atoms with Crippen molar-refractivity contribution in [2.75, 3.05) is 31.1 Å². The first-order valence-electron chi connectivity index (χ1n) is 9.78. The van der Waals surface area contributed by atoms with E-state index in [0.717, 1.165) is 26.2 Å². The zero-order valence-corrected chi connectivity index (χ0v) is 16.5. The third kappa shape index (κ3) is 3.79. The number of amides is 1. The minimum atomic E-state index is 0.0694. The first kappa shape index (κ1) is 18.3. The SMILES string of the molecule is Cc1cccc(N2CCN(C(=O)c3cnn(Cc4ccccc4)c3)CC2)c1C. The summed E-state index contributed by atoms with van der Waals surface area (Å²) in [6.45, 7) is 8.16. The number of anilines is 1. The molecule has 1 aromatic heterocycles. The van der Waals surface area contributed by atoms with Gasteiger partial charge in [-0.25, -0.2) is 0 Å². The molecule has 3 aromatic rings.